The smallest absolute Gasteiger partial charge is 0.410 e. The van der Waals surface area contributed by atoms with E-state index in [1.807, 2.05) is 59.0 Å². The van der Waals surface area contributed by atoms with Crippen LogP contribution in [0, 0.1) is 12.4 Å². The molecule has 0 spiro atoms. The van der Waals surface area contributed by atoms with Crippen LogP contribution < -0.4 is 0 Å². The number of fused-ring (bicyclic) bond motifs is 1. The maximum atomic E-state index is 14.8. The molecule has 2 aromatic heterocycles. The summed E-state index contributed by atoms with van der Waals surface area (Å²) in [6, 6.07) is 11.9. The maximum absolute atomic E-state index is 14.8. The van der Waals surface area contributed by atoms with Gasteiger partial charge in [-0.1, -0.05) is 18.2 Å². The van der Waals surface area contributed by atoms with Gasteiger partial charge >= 0.3 is 6.09 Å². The van der Waals surface area contributed by atoms with Crippen molar-refractivity contribution in [2.45, 2.75) is 64.6 Å². The summed E-state index contributed by atoms with van der Waals surface area (Å²) in [6.07, 6.45) is 2.96. The molecule has 45 heavy (non-hydrogen) atoms. The van der Waals surface area contributed by atoms with Crippen LogP contribution in [-0.2, 0) is 10.3 Å². The van der Waals surface area contributed by atoms with E-state index < -0.39 is 23.1 Å². The summed E-state index contributed by atoms with van der Waals surface area (Å²) in [5.74, 6) is -0.786. The molecule has 0 saturated carbocycles. The first-order valence-corrected chi connectivity index (χ1v) is 15.7. The second kappa shape index (κ2) is 12.3. The summed E-state index contributed by atoms with van der Waals surface area (Å²) in [5.41, 5.74) is 1.56. The molecule has 1 aliphatic heterocycles. The summed E-state index contributed by atoms with van der Waals surface area (Å²) in [7, 11) is 1.70. The molecule has 1 saturated heterocycles. The number of amides is 2. The Morgan fingerprint density at radius 2 is 1.89 bits per heavy atom. The number of aromatic nitrogens is 2. The monoisotopic (exact) mass is 631 g/mol. The van der Waals surface area contributed by atoms with Crippen molar-refractivity contribution >= 4 is 39.9 Å². The number of ether oxygens (including phenoxy) is 1. The molecule has 4 aromatic rings. The molecule has 2 amide bonds. The minimum atomic E-state index is -0.625. The number of aliphatic hydroxyl groups is 1. The summed E-state index contributed by atoms with van der Waals surface area (Å²) in [6.45, 7) is 17.3. The topological polar surface area (TPSA) is 92.3 Å². The third-order valence-electron chi connectivity index (χ3n) is 8.01. The van der Waals surface area contributed by atoms with Crippen molar-refractivity contribution in [1.29, 1.82) is 0 Å². The number of benzene rings is 2. The molecule has 1 aliphatic rings. The van der Waals surface area contributed by atoms with Crippen molar-refractivity contribution in [2.75, 3.05) is 26.7 Å². The number of aliphatic hydroxyl groups excluding tert-OH is 1. The number of hydrogen-bond donors (Lipinski definition) is 1. The third kappa shape index (κ3) is 6.72. The molecule has 1 fully saturated rings. The predicted octanol–water partition coefficient (Wildman–Crippen LogP) is 7.32. The number of rotatable bonds is 6. The van der Waals surface area contributed by atoms with E-state index in [0.717, 1.165) is 34.2 Å². The molecule has 2 aromatic carbocycles. The highest BCUT2D eigenvalue weighted by Crippen LogP contribution is 2.42. The van der Waals surface area contributed by atoms with Crippen LogP contribution in [0.25, 0.3) is 37.3 Å². The van der Waals surface area contributed by atoms with E-state index >= 15 is 0 Å². The summed E-state index contributed by atoms with van der Waals surface area (Å²) >= 11 is 1.33. The van der Waals surface area contributed by atoms with Crippen LogP contribution >= 0.6 is 11.3 Å². The molecule has 0 radical (unpaired) electrons. The SMILES string of the molecule is [C-]#[N+]c1ccc(-c2cc(C(=O)N3CCC[C@@H](N(C)C(=O)OC(C)(C)C)C3)sc2-c2ccc3nn(C(C)(C)CO)cc3c2)cc1F. The minimum absolute atomic E-state index is 0.0689. The van der Waals surface area contributed by atoms with Crippen molar-refractivity contribution in [3.8, 4) is 21.6 Å². The van der Waals surface area contributed by atoms with E-state index in [4.69, 9.17) is 11.3 Å². The molecular weight excluding hydrogens is 593 g/mol. The van der Waals surface area contributed by atoms with E-state index in [0.29, 0.717) is 29.1 Å². The first-order valence-electron chi connectivity index (χ1n) is 14.9. The lowest BCUT2D eigenvalue weighted by Crippen LogP contribution is -2.51. The maximum Gasteiger partial charge on any atom is 0.410 e. The molecule has 236 valence electrons. The molecule has 0 bridgehead atoms. The van der Waals surface area contributed by atoms with Crippen LogP contribution in [0.5, 0.6) is 0 Å². The minimum Gasteiger partial charge on any atom is -0.444 e. The van der Waals surface area contributed by atoms with Gasteiger partial charge in [0.15, 0.2) is 0 Å². The highest BCUT2D eigenvalue weighted by atomic mass is 32.1. The van der Waals surface area contributed by atoms with Gasteiger partial charge < -0.3 is 19.6 Å². The van der Waals surface area contributed by atoms with Crippen molar-refractivity contribution in [1.82, 2.24) is 19.6 Å². The number of halogens is 1. The van der Waals surface area contributed by atoms with E-state index in [9.17, 15) is 19.1 Å². The van der Waals surface area contributed by atoms with Gasteiger partial charge in [-0.25, -0.2) is 14.0 Å². The average Bonchev–Trinajstić information content (AvgIpc) is 3.65. The van der Waals surface area contributed by atoms with Gasteiger partial charge in [0.05, 0.1) is 35.2 Å². The predicted molar refractivity (Wildman–Crippen MR) is 174 cm³/mol. The van der Waals surface area contributed by atoms with Gasteiger partial charge in [0.1, 0.15) is 11.4 Å². The van der Waals surface area contributed by atoms with E-state index in [2.05, 4.69) is 9.94 Å². The van der Waals surface area contributed by atoms with Gasteiger partial charge in [0.25, 0.3) is 5.91 Å². The number of carbonyl (C=O) groups is 2. The Labute approximate surface area is 266 Å². The summed E-state index contributed by atoms with van der Waals surface area (Å²) < 4.78 is 22.1. The highest BCUT2D eigenvalue weighted by Gasteiger charge is 2.32. The second-order valence-corrected chi connectivity index (χ2v) is 14.1. The number of likely N-dealkylation sites (tertiary alicyclic amines) is 1. The number of thiophene rings is 1. The van der Waals surface area contributed by atoms with Gasteiger partial charge in [0.2, 0.25) is 5.69 Å². The Bertz CT molecular complexity index is 1800. The van der Waals surface area contributed by atoms with Crippen molar-refractivity contribution < 1.29 is 23.8 Å². The molecule has 1 atom stereocenters. The molecule has 11 heteroatoms. The first kappa shape index (κ1) is 32.1. The first-order chi connectivity index (χ1) is 21.2. The fourth-order valence-corrected chi connectivity index (χ4v) is 6.48. The molecular formula is C34H38FN5O4S. The number of hydrogen-bond acceptors (Lipinski definition) is 6. The molecule has 1 N–H and O–H groups in total. The number of piperidine rings is 1. The zero-order valence-corrected chi connectivity index (χ0v) is 27.2. The van der Waals surface area contributed by atoms with Gasteiger partial charge in [-0.15, -0.1) is 11.3 Å². The number of nitrogens with zero attached hydrogens (tertiary/aromatic N) is 5. The highest BCUT2D eigenvalue weighted by molar-refractivity contribution is 7.18. The molecule has 3 heterocycles. The van der Waals surface area contributed by atoms with Gasteiger partial charge in [-0.3, -0.25) is 9.48 Å². The van der Waals surface area contributed by atoms with Gasteiger partial charge in [-0.2, -0.15) is 5.10 Å². The van der Waals surface area contributed by atoms with Gasteiger partial charge in [0, 0.05) is 42.2 Å². The fraction of sp³-hybridized carbons (Fsp3) is 0.412. The fourth-order valence-electron chi connectivity index (χ4n) is 5.33. The Kier molecular flexibility index (Phi) is 8.75. The average molecular weight is 632 g/mol. The molecule has 5 rings (SSSR count). The standard InChI is InChI=1S/C34H38FN5O4S/c1-33(2,3)44-32(43)38(7)24-9-8-14-39(19-24)31(42)29-17-25(21-10-13-28(36-6)26(35)16-21)30(45-29)22-11-12-27-23(15-22)18-40(37-27)34(4,5)20-41/h10-13,15-18,24,41H,8-9,14,19-20H2,1-5,7H3/t24-/m1/s1. The van der Waals surface area contributed by atoms with Crippen LogP contribution in [0.1, 0.15) is 57.1 Å². The lowest BCUT2D eigenvalue weighted by atomic mass is 10.0. The van der Waals surface area contributed by atoms with E-state index in [-0.39, 0.29) is 24.2 Å². The van der Waals surface area contributed by atoms with Crippen LogP contribution in [0.4, 0.5) is 14.9 Å². The van der Waals surface area contributed by atoms with E-state index in [1.54, 1.807) is 33.7 Å². The quantitative estimate of drug-likeness (QED) is 0.225. The van der Waals surface area contributed by atoms with Crippen molar-refractivity contribution in [3.05, 3.63) is 70.8 Å². The van der Waals surface area contributed by atoms with Crippen LogP contribution in [-0.4, -0.2) is 75.1 Å². The van der Waals surface area contributed by atoms with E-state index in [1.165, 1.54) is 23.5 Å². The Morgan fingerprint density at radius 3 is 2.56 bits per heavy atom. The number of carbonyl (C=O) groups excluding carboxylic acids is 2. The zero-order valence-electron chi connectivity index (χ0n) is 26.4. The van der Waals surface area contributed by atoms with Crippen molar-refractivity contribution in [2.24, 2.45) is 0 Å². The van der Waals surface area contributed by atoms with Crippen LogP contribution in [0.3, 0.4) is 0 Å². The van der Waals surface area contributed by atoms with Gasteiger partial charge in [-0.05, 0) is 82.9 Å². The molecule has 0 aliphatic carbocycles. The van der Waals surface area contributed by atoms with Crippen LogP contribution in [0.15, 0.2) is 48.7 Å². The summed E-state index contributed by atoms with van der Waals surface area (Å²) in [4.78, 5) is 34.6. The zero-order chi connectivity index (χ0) is 32.7. The number of likely N-dealkylation sites (N-methyl/N-ethyl adjacent to an activating group) is 1. The molecule has 0 unspecified atom stereocenters. The third-order valence-corrected chi connectivity index (χ3v) is 9.18. The Balaban J connectivity index is 1.51. The Morgan fingerprint density at radius 1 is 1.16 bits per heavy atom. The second-order valence-electron chi connectivity index (χ2n) is 13.1. The summed E-state index contributed by atoms with van der Waals surface area (Å²) in [5, 5.41) is 15.3. The largest absolute Gasteiger partial charge is 0.444 e. The van der Waals surface area contributed by atoms with Crippen molar-refractivity contribution in [3.63, 3.8) is 0 Å². The lowest BCUT2D eigenvalue weighted by molar-refractivity contribution is 0.0132. The Hall–Kier alpha value is -4.27. The van der Waals surface area contributed by atoms with Crippen LogP contribution in [0.2, 0.25) is 0 Å². The lowest BCUT2D eigenvalue weighted by Gasteiger charge is -2.38. The normalized spacial score (nSPS) is 15.6. The molecule has 9 nitrogen and oxygen atoms in total.